The molecule has 5 rings (SSSR count). The van der Waals surface area contributed by atoms with Crippen molar-refractivity contribution in [2.75, 3.05) is 13.1 Å². The van der Waals surface area contributed by atoms with Crippen molar-refractivity contribution in [3.63, 3.8) is 0 Å². The number of nitriles is 1. The van der Waals surface area contributed by atoms with Gasteiger partial charge < -0.3 is 4.57 Å². The lowest BCUT2D eigenvalue weighted by Gasteiger charge is -2.43. The summed E-state index contributed by atoms with van der Waals surface area (Å²) in [6.07, 6.45) is 1.13. The quantitative estimate of drug-likeness (QED) is 0.681. The lowest BCUT2D eigenvalue weighted by Crippen LogP contribution is -2.46. The molecule has 4 heterocycles. The molecule has 4 nitrogen and oxygen atoms in total. The summed E-state index contributed by atoms with van der Waals surface area (Å²) >= 11 is 1.81. The lowest BCUT2D eigenvalue weighted by molar-refractivity contribution is 0.115. The molecule has 0 aliphatic carbocycles. The maximum atomic E-state index is 12.6. The van der Waals surface area contributed by atoms with Crippen molar-refractivity contribution >= 4 is 11.3 Å². The van der Waals surface area contributed by atoms with Crippen LogP contribution < -0.4 is 5.56 Å². The third kappa shape index (κ3) is 3.09. The Bertz CT molecular complexity index is 1110. The van der Waals surface area contributed by atoms with Gasteiger partial charge in [0.2, 0.25) is 0 Å². The molecule has 1 aromatic carbocycles. The highest BCUT2D eigenvalue weighted by atomic mass is 32.1. The summed E-state index contributed by atoms with van der Waals surface area (Å²) in [6, 6.07) is 17.9. The molecule has 0 amide bonds. The van der Waals surface area contributed by atoms with Crippen molar-refractivity contribution in [2.24, 2.45) is 5.92 Å². The average molecular weight is 388 g/mol. The number of nitrogens with zero attached hydrogens (tertiary/aromatic N) is 3. The van der Waals surface area contributed by atoms with Gasteiger partial charge in [0.1, 0.15) is 0 Å². The Labute approximate surface area is 168 Å². The molecule has 2 atom stereocenters. The van der Waals surface area contributed by atoms with Crippen LogP contribution in [0.2, 0.25) is 0 Å². The topological polar surface area (TPSA) is 49.0 Å². The zero-order valence-corrected chi connectivity index (χ0v) is 16.4. The molecule has 2 aliphatic rings. The van der Waals surface area contributed by atoms with Crippen LogP contribution in [0, 0.1) is 17.2 Å². The molecule has 0 saturated carbocycles. The fourth-order valence-electron chi connectivity index (χ4n) is 4.87. The van der Waals surface area contributed by atoms with E-state index in [0.29, 0.717) is 17.4 Å². The minimum absolute atomic E-state index is 0.0941. The highest BCUT2D eigenvalue weighted by Crippen LogP contribution is 2.40. The molecule has 2 aromatic heterocycles. The van der Waals surface area contributed by atoms with Crippen LogP contribution in [0.3, 0.4) is 0 Å². The summed E-state index contributed by atoms with van der Waals surface area (Å²) in [5.41, 5.74) is 4.01. The molecule has 28 heavy (non-hydrogen) atoms. The Morgan fingerprint density at radius 3 is 2.86 bits per heavy atom. The molecule has 5 heteroatoms. The van der Waals surface area contributed by atoms with Gasteiger partial charge in [0, 0.05) is 54.3 Å². The second-order valence-corrected chi connectivity index (χ2v) is 8.88. The van der Waals surface area contributed by atoms with Crippen molar-refractivity contribution < 1.29 is 0 Å². The molecule has 2 bridgehead atoms. The Hall–Kier alpha value is -2.68. The smallest absolute Gasteiger partial charge is 0.250 e. The minimum Gasteiger partial charge on any atom is -0.311 e. The molecule has 140 valence electrons. The molecule has 1 fully saturated rings. The zero-order valence-electron chi connectivity index (χ0n) is 15.5. The van der Waals surface area contributed by atoms with Crippen LogP contribution in [0.4, 0.5) is 0 Å². The first-order valence-electron chi connectivity index (χ1n) is 9.70. The second-order valence-electron chi connectivity index (χ2n) is 7.85. The lowest BCUT2D eigenvalue weighted by atomic mass is 9.80. The molecule has 2 unspecified atom stereocenters. The normalized spacial score (nSPS) is 21.1. The molecule has 3 aromatic rings. The van der Waals surface area contributed by atoms with Crippen LogP contribution in [0.1, 0.15) is 28.5 Å². The summed E-state index contributed by atoms with van der Waals surface area (Å²) in [7, 11) is 0. The van der Waals surface area contributed by atoms with E-state index in [1.807, 2.05) is 46.2 Å². The number of rotatable bonds is 3. The van der Waals surface area contributed by atoms with Gasteiger partial charge in [0.25, 0.3) is 5.56 Å². The van der Waals surface area contributed by atoms with Gasteiger partial charge in [-0.15, -0.1) is 11.3 Å². The van der Waals surface area contributed by atoms with Crippen molar-refractivity contribution in [3.8, 4) is 17.2 Å². The minimum atomic E-state index is 0.0941. The Kier molecular flexibility index (Phi) is 4.38. The summed E-state index contributed by atoms with van der Waals surface area (Å²) < 4.78 is 2.00. The van der Waals surface area contributed by atoms with Crippen molar-refractivity contribution in [1.82, 2.24) is 9.47 Å². The summed E-state index contributed by atoms with van der Waals surface area (Å²) in [6.45, 7) is 3.80. The Morgan fingerprint density at radius 1 is 1.11 bits per heavy atom. The van der Waals surface area contributed by atoms with E-state index in [9.17, 15) is 10.1 Å². The van der Waals surface area contributed by atoms with Crippen LogP contribution in [0.25, 0.3) is 11.1 Å². The van der Waals surface area contributed by atoms with Gasteiger partial charge in [0.15, 0.2) is 0 Å². The van der Waals surface area contributed by atoms with Gasteiger partial charge in [-0.1, -0.05) is 18.2 Å². The average Bonchev–Trinajstić information content (AvgIpc) is 3.22. The second kappa shape index (κ2) is 7.05. The van der Waals surface area contributed by atoms with Gasteiger partial charge in [-0.25, -0.2) is 0 Å². The highest BCUT2D eigenvalue weighted by Gasteiger charge is 2.36. The number of thiophene rings is 1. The Balaban J connectivity index is 1.55. The first-order chi connectivity index (χ1) is 13.7. The van der Waals surface area contributed by atoms with Crippen molar-refractivity contribution in [3.05, 3.63) is 80.4 Å². The van der Waals surface area contributed by atoms with E-state index in [1.165, 1.54) is 4.88 Å². The summed E-state index contributed by atoms with van der Waals surface area (Å²) in [5.74, 6) is 0.867. The predicted molar refractivity (Wildman–Crippen MR) is 111 cm³/mol. The summed E-state index contributed by atoms with van der Waals surface area (Å²) in [5, 5.41) is 11.4. The monoisotopic (exact) mass is 387 g/mol. The Morgan fingerprint density at radius 2 is 2.04 bits per heavy atom. The predicted octanol–water partition coefficient (Wildman–Crippen LogP) is 4.07. The maximum absolute atomic E-state index is 12.6. The van der Waals surface area contributed by atoms with E-state index < -0.39 is 0 Å². The number of fused-ring (bicyclic) bond motifs is 4. The van der Waals surface area contributed by atoms with E-state index in [2.05, 4.69) is 28.5 Å². The van der Waals surface area contributed by atoms with E-state index in [0.717, 1.165) is 49.4 Å². The van der Waals surface area contributed by atoms with Gasteiger partial charge in [-0.3, -0.25) is 9.69 Å². The molecular weight excluding hydrogens is 366 g/mol. The van der Waals surface area contributed by atoms with Crippen LogP contribution in [0.5, 0.6) is 0 Å². The summed E-state index contributed by atoms with van der Waals surface area (Å²) in [4.78, 5) is 16.6. The number of piperidine rings is 1. The van der Waals surface area contributed by atoms with Gasteiger partial charge in [0.05, 0.1) is 11.6 Å². The zero-order chi connectivity index (χ0) is 19.1. The fraction of sp³-hybridized carbons (Fsp3) is 0.304. The van der Waals surface area contributed by atoms with Gasteiger partial charge in [-0.2, -0.15) is 5.26 Å². The third-order valence-corrected chi connectivity index (χ3v) is 6.79. The molecule has 0 N–H and O–H groups in total. The molecule has 2 aliphatic heterocycles. The SMILES string of the molecule is N#Cc1cccc(-c2ccc(=O)n3c2C2CC(CN(Cc4cccs4)C2)C3)c1. The van der Waals surface area contributed by atoms with Gasteiger partial charge in [-0.05, 0) is 47.5 Å². The largest absolute Gasteiger partial charge is 0.311 e. The molecule has 0 spiro atoms. The first kappa shape index (κ1) is 17.4. The van der Waals surface area contributed by atoms with Crippen LogP contribution in [0.15, 0.2) is 58.7 Å². The van der Waals surface area contributed by atoms with E-state index in [-0.39, 0.29) is 5.56 Å². The third-order valence-electron chi connectivity index (χ3n) is 5.93. The van der Waals surface area contributed by atoms with Crippen LogP contribution in [-0.4, -0.2) is 22.6 Å². The number of likely N-dealkylation sites (tertiary alicyclic amines) is 1. The highest BCUT2D eigenvalue weighted by molar-refractivity contribution is 7.09. The number of pyridine rings is 1. The van der Waals surface area contributed by atoms with Crippen LogP contribution >= 0.6 is 11.3 Å². The molecule has 1 saturated heterocycles. The van der Waals surface area contributed by atoms with E-state index >= 15 is 0 Å². The van der Waals surface area contributed by atoms with Crippen molar-refractivity contribution in [2.45, 2.75) is 25.4 Å². The number of hydrogen-bond donors (Lipinski definition) is 0. The van der Waals surface area contributed by atoms with Crippen LogP contribution in [-0.2, 0) is 13.1 Å². The van der Waals surface area contributed by atoms with Gasteiger partial charge >= 0.3 is 0 Å². The number of hydrogen-bond acceptors (Lipinski definition) is 4. The standard InChI is InChI=1S/C23H21N3OS/c24-11-16-3-1-4-18(9-16)21-6-7-22(27)26-13-17-10-19(23(21)26)14-25(12-17)15-20-5-2-8-28-20/h1-9,17,19H,10,12-15H2. The number of benzene rings is 1. The van der Waals surface area contributed by atoms with E-state index in [1.54, 1.807) is 6.07 Å². The molecule has 0 radical (unpaired) electrons. The number of aromatic nitrogens is 1. The maximum Gasteiger partial charge on any atom is 0.250 e. The van der Waals surface area contributed by atoms with E-state index in [4.69, 9.17) is 0 Å². The van der Waals surface area contributed by atoms with Crippen molar-refractivity contribution in [1.29, 1.82) is 5.26 Å². The first-order valence-corrected chi connectivity index (χ1v) is 10.6. The fourth-order valence-corrected chi connectivity index (χ4v) is 5.61. The molecular formula is C23H21N3OS.